The Morgan fingerprint density at radius 1 is 0.328 bits per heavy atom. The Kier molecular flexibility index (Phi) is 49.0. The van der Waals surface area contributed by atoms with Crippen LogP contribution in [-0.2, 0) is 28.6 Å². The van der Waals surface area contributed by atoms with Gasteiger partial charge in [0, 0.05) is 19.3 Å². The van der Waals surface area contributed by atoms with Gasteiger partial charge in [-0.05, 0) is 89.9 Å². The van der Waals surface area contributed by atoms with E-state index in [9.17, 15) is 14.4 Å². The minimum atomic E-state index is -0.825. The van der Waals surface area contributed by atoms with Gasteiger partial charge in [0.1, 0.15) is 13.2 Å². The third-order valence-electron chi connectivity index (χ3n) is 10.8. The van der Waals surface area contributed by atoms with Gasteiger partial charge in [-0.1, -0.05) is 221 Å². The van der Waals surface area contributed by atoms with Crippen molar-refractivity contribution < 1.29 is 28.6 Å². The Morgan fingerprint density at radius 2 is 0.625 bits per heavy atom. The second-order valence-electron chi connectivity index (χ2n) is 17.1. The van der Waals surface area contributed by atoms with E-state index in [2.05, 4.69) is 118 Å². The number of rotatable bonds is 46. The fourth-order valence-corrected chi connectivity index (χ4v) is 6.90. The van der Waals surface area contributed by atoms with Crippen molar-refractivity contribution in [2.75, 3.05) is 13.2 Å². The summed E-state index contributed by atoms with van der Waals surface area (Å²) in [5, 5.41) is 0. The molecule has 0 fully saturated rings. The highest BCUT2D eigenvalue weighted by molar-refractivity contribution is 5.71. The molecule has 0 aliphatic heterocycles. The summed E-state index contributed by atoms with van der Waals surface area (Å²) in [4.78, 5) is 37.9. The van der Waals surface area contributed by atoms with Crippen LogP contribution in [0.2, 0.25) is 0 Å². The first-order valence-corrected chi connectivity index (χ1v) is 26.2. The van der Waals surface area contributed by atoms with Crippen LogP contribution in [0.5, 0.6) is 0 Å². The molecule has 0 aromatic heterocycles. The minimum absolute atomic E-state index is 0.114. The smallest absolute Gasteiger partial charge is 0.306 e. The molecular formula is C58H96O6. The summed E-state index contributed by atoms with van der Waals surface area (Å²) in [6.45, 7) is 6.42. The third kappa shape index (κ3) is 49.3. The molecule has 0 N–H and O–H groups in total. The predicted molar refractivity (Wildman–Crippen MR) is 274 cm³/mol. The summed E-state index contributed by atoms with van der Waals surface area (Å²) in [7, 11) is 0. The van der Waals surface area contributed by atoms with Crippen LogP contribution in [0.1, 0.15) is 233 Å². The lowest BCUT2D eigenvalue weighted by Gasteiger charge is -2.18. The molecule has 364 valence electrons. The summed E-state index contributed by atoms with van der Waals surface area (Å²) in [6.07, 6.45) is 68.3. The van der Waals surface area contributed by atoms with Gasteiger partial charge in [-0.15, -0.1) is 0 Å². The van der Waals surface area contributed by atoms with Crippen molar-refractivity contribution in [2.24, 2.45) is 0 Å². The quantitative estimate of drug-likeness (QED) is 0.0262. The van der Waals surface area contributed by atoms with Crippen LogP contribution >= 0.6 is 0 Å². The SMILES string of the molecule is CC/C=C\C/C=C\C/C=C\C/C=C\C/C=C\CCCC(=O)OC[C@H](COC(=O)CCCCCCCCCCCCCC)OC(=O)CCC/C=C\C/C=C\C/C=C\CCCCCCCC. The van der Waals surface area contributed by atoms with Gasteiger partial charge in [-0.3, -0.25) is 14.4 Å². The van der Waals surface area contributed by atoms with E-state index in [0.717, 1.165) is 77.0 Å². The van der Waals surface area contributed by atoms with Gasteiger partial charge in [0.2, 0.25) is 0 Å². The third-order valence-corrected chi connectivity index (χ3v) is 10.8. The van der Waals surface area contributed by atoms with Crippen molar-refractivity contribution in [1.29, 1.82) is 0 Å². The highest BCUT2D eigenvalue weighted by atomic mass is 16.6. The van der Waals surface area contributed by atoms with Crippen molar-refractivity contribution in [1.82, 2.24) is 0 Å². The summed E-state index contributed by atoms with van der Waals surface area (Å²) in [5.74, 6) is -1.03. The van der Waals surface area contributed by atoms with Gasteiger partial charge in [0.15, 0.2) is 6.10 Å². The fraction of sp³-hybridized carbons (Fsp3) is 0.672. The molecule has 1 atom stereocenters. The molecule has 0 spiro atoms. The Bertz CT molecular complexity index is 1300. The van der Waals surface area contributed by atoms with E-state index >= 15 is 0 Å². The van der Waals surface area contributed by atoms with Gasteiger partial charge < -0.3 is 14.2 Å². The molecule has 0 saturated heterocycles. The van der Waals surface area contributed by atoms with Crippen LogP contribution in [0.15, 0.2) is 97.2 Å². The van der Waals surface area contributed by atoms with Crippen LogP contribution < -0.4 is 0 Å². The molecule has 6 nitrogen and oxygen atoms in total. The zero-order valence-corrected chi connectivity index (χ0v) is 41.5. The Morgan fingerprint density at radius 3 is 1.02 bits per heavy atom. The molecule has 6 heteroatoms. The number of unbranched alkanes of at least 4 members (excludes halogenated alkanes) is 19. The molecule has 0 aromatic rings. The summed E-state index contributed by atoms with van der Waals surface area (Å²) in [6, 6.07) is 0. The molecule has 0 bridgehead atoms. The number of carbonyl (C=O) groups excluding carboxylic acids is 3. The van der Waals surface area contributed by atoms with Crippen LogP contribution in [0, 0.1) is 0 Å². The lowest BCUT2D eigenvalue weighted by atomic mass is 10.0. The summed E-state index contributed by atoms with van der Waals surface area (Å²) >= 11 is 0. The first kappa shape index (κ1) is 60.3. The molecule has 64 heavy (non-hydrogen) atoms. The number of hydrogen-bond acceptors (Lipinski definition) is 6. The van der Waals surface area contributed by atoms with E-state index in [-0.39, 0.29) is 44.0 Å². The van der Waals surface area contributed by atoms with Crippen LogP contribution in [-0.4, -0.2) is 37.2 Å². The molecule has 0 amide bonds. The summed E-state index contributed by atoms with van der Waals surface area (Å²) in [5.41, 5.74) is 0. The van der Waals surface area contributed by atoms with Crippen molar-refractivity contribution in [3.8, 4) is 0 Å². The number of carbonyl (C=O) groups is 3. The maximum atomic E-state index is 12.8. The van der Waals surface area contributed by atoms with Crippen LogP contribution in [0.25, 0.3) is 0 Å². The van der Waals surface area contributed by atoms with Gasteiger partial charge in [-0.25, -0.2) is 0 Å². The predicted octanol–water partition coefficient (Wildman–Crippen LogP) is 17.4. The van der Waals surface area contributed by atoms with Gasteiger partial charge in [0.25, 0.3) is 0 Å². The largest absolute Gasteiger partial charge is 0.462 e. The number of hydrogen-bond donors (Lipinski definition) is 0. The maximum absolute atomic E-state index is 12.8. The first-order chi connectivity index (χ1) is 31.5. The number of ether oxygens (including phenoxy) is 3. The van der Waals surface area contributed by atoms with Crippen molar-refractivity contribution >= 4 is 17.9 Å². The zero-order chi connectivity index (χ0) is 46.5. The second-order valence-corrected chi connectivity index (χ2v) is 17.1. The molecule has 0 aromatic carbocycles. The Hall–Kier alpha value is -3.67. The van der Waals surface area contributed by atoms with Crippen LogP contribution in [0.3, 0.4) is 0 Å². The second kappa shape index (κ2) is 52.0. The number of allylic oxidation sites excluding steroid dienone is 16. The van der Waals surface area contributed by atoms with E-state index in [1.165, 1.54) is 103 Å². The highest BCUT2D eigenvalue weighted by Gasteiger charge is 2.19. The summed E-state index contributed by atoms with van der Waals surface area (Å²) < 4.78 is 16.7. The van der Waals surface area contributed by atoms with Gasteiger partial charge in [0.05, 0.1) is 0 Å². The van der Waals surface area contributed by atoms with Crippen molar-refractivity contribution in [2.45, 2.75) is 239 Å². The maximum Gasteiger partial charge on any atom is 0.306 e. The monoisotopic (exact) mass is 889 g/mol. The molecule has 0 aliphatic rings. The molecule has 0 unspecified atom stereocenters. The standard InChI is InChI=1S/C58H96O6/c1-4-7-10-13-16-19-22-25-27-29-31-33-36-39-42-45-48-51-57(60)63-54-55(53-62-56(59)50-47-44-41-38-35-24-21-18-15-12-9-6-3)64-58(61)52-49-46-43-40-37-34-32-30-28-26-23-20-17-14-11-8-5-2/h7,10,16,19,25-28,31-34,39-40,42-43,55H,4-6,8-9,11-15,17-18,20-24,29-30,35-38,41,44-54H2,1-3H3/b10-7-,19-16-,27-25-,28-26-,33-31-,34-32-,42-39-,43-40-/t55-/m0/s1. The highest BCUT2D eigenvalue weighted by Crippen LogP contribution is 2.14. The lowest BCUT2D eigenvalue weighted by Crippen LogP contribution is -2.30. The van der Waals surface area contributed by atoms with Gasteiger partial charge >= 0.3 is 17.9 Å². The molecule has 0 aliphatic carbocycles. The molecular weight excluding hydrogens is 793 g/mol. The van der Waals surface area contributed by atoms with E-state index in [1.807, 2.05) is 0 Å². The average molecular weight is 889 g/mol. The minimum Gasteiger partial charge on any atom is -0.462 e. The van der Waals surface area contributed by atoms with Crippen molar-refractivity contribution in [3.63, 3.8) is 0 Å². The zero-order valence-electron chi connectivity index (χ0n) is 41.5. The molecule has 0 rings (SSSR count). The van der Waals surface area contributed by atoms with Crippen LogP contribution in [0.4, 0.5) is 0 Å². The van der Waals surface area contributed by atoms with Gasteiger partial charge in [-0.2, -0.15) is 0 Å². The first-order valence-electron chi connectivity index (χ1n) is 26.2. The van der Waals surface area contributed by atoms with E-state index in [4.69, 9.17) is 14.2 Å². The fourth-order valence-electron chi connectivity index (χ4n) is 6.90. The molecule has 0 saturated carbocycles. The Balaban J connectivity index is 4.55. The topological polar surface area (TPSA) is 78.9 Å². The lowest BCUT2D eigenvalue weighted by molar-refractivity contribution is -0.167. The number of esters is 3. The van der Waals surface area contributed by atoms with E-state index in [0.29, 0.717) is 19.3 Å². The Labute approximate surface area is 394 Å². The van der Waals surface area contributed by atoms with Crippen molar-refractivity contribution in [3.05, 3.63) is 97.2 Å². The molecule has 0 heterocycles. The normalized spacial score (nSPS) is 12.9. The average Bonchev–Trinajstić information content (AvgIpc) is 3.29. The van der Waals surface area contributed by atoms with E-state index in [1.54, 1.807) is 0 Å². The molecule has 0 radical (unpaired) electrons. The van der Waals surface area contributed by atoms with E-state index < -0.39 is 6.10 Å².